The largest absolute Gasteiger partial charge is 0.497 e. The number of carbonyl (C=O) groups is 1. The van der Waals surface area contributed by atoms with Gasteiger partial charge in [0.2, 0.25) is 0 Å². The number of fused-ring (bicyclic) bond motifs is 1. The van der Waals surface area contributed by atoms with Crippen molar-refractivity contribution in [2.45, 2.75) is 13.0 Å². The van der Waals surface area contributed by atoms with Crippen LogP contribution in [-0.2, 0) is 9.53 Å². The average molecular weight is 421 g/mol. The van der Waals surface area contributed by atoms with Crippen LogP contribution < -0.4 is 19.6 Å². The van der Waals surface area contributed by atoms with Gasteiger partial charge in [-0.1, -0.05) is 29.5 Å². The van der Waals surface area contributed by atoms with E-state index in [-0.39, 0.29) is 5.56 Å². The summed E-state index contributed by atoms with van der Waals surface area (Å²) in [5.74, 6) is 0.106. The number of carbonyl (C=O) groups excluding carboxylic acids is 1. The van der Waals surface area contributed by atoms with Gasteiger partial charge in [0.05, 0.1) is 36.1 Å². The standard InChI is InChI=1S/C22H19N3O4S/c1-13-18(21(27)29-3)19(15-7-4-8-16(11-15)28-2)25-20(26)17(30-22(25)24-13)10-14-6-5-9-23-12-14/h4-12,19H,1-3H3/b17-10+. The first-order valence-electron chi connectivity index (χ1n) is 9.18. The maximum Gasteiger partial charge on any atom is 0.338 e. The van der Waals surface area contributed by atoms with Crippen molar-refractivity contribution in [2.24, 2.45) is 4.99 Å². The van der Waals surface area contributed by atoms with Gasteiger partial charge in [0.25, 0.3) is 5.56 Å². The van der Waals surface area contributed by atoms with Gasteiger partial charge in [0, 0.05) is 12.4 Å². The van der Waals surface area contributed by atoms with Crippen molar-refractivity contribution in [3.05, 3.63) is 90.9 Å². The van der Waals surface area contributed by atoms with Gasteiger partial charge in [-0.05, 0) is 42.3 Å². The van der Waals surface area contributed by atoms with E-state index in [9.17, 15) is 9.59 Å². The van der Waals surface area contributed by atoms with Gasteiger partial charge in [-0.2, -0.15) is 0 Å². The van der Waals surface area contributed by atoms with Crippen LogP contribution in [0, 0.1) is 0 Å². The third-order valence-electron chi connectivity index (χ3n) is 4.82. The van der Waals surface area contributed by atoms with Crippen molar-refractivity contribution in [1.82, 2.24) is 9.55 Å². The van der Waals surface area contributed by atoms with Gasteiger partial charge >= 0.3 is 5.97 Å². The molecule has 0 N–H and O–H groups in total. The number of allylic oxidation sites excluding steroid dienone is 1. The fraction of sp³-hybridized carbons (Fsp3) is 0.182. The summed E-state index contributed by atoms with van der Waals surface area (Å²) >= 11 is 1.27. The smallest absolute Gasteiger partial charge is 0.338 e. The molecule has 0 saturated heterocycles. The van der Waals surface area contributed by atoms with Crippen LogP contribution in [0.1, 0.15) is 24.1 Å². The van der Waals surface area contributed by atoms with Crippen LogP contribution in [0.15, 0.2) is 69.8 Å². The average Bonchev–Trinajstić information content (AvgIpc) is 3.07. The van der Waals surface area contributed by atoms with Gasteiger partial charge < -0.3 is 9.47 Å². The predicted octanol–water partition coefficient (Wildman–Crippen LogP) is 1.81. The summed E-state index contributed by atoms with van der Waals surface area (Å²) in [5, 5.41) is 0. The molecule has 1 unspecified atom stereocenters. The molecule has 0 spiro atoms. The number of rotatable bonds is 4. The second kappa shape index (κ2) is 8.08. The van der Waals surface area contributed by atoms with Crippen LogP contribution in [-0.4, -0.2) is 29.7 Å². The minimum atomic E-state index is -0.667. The third kappa shape index (κ3) is 3.46. The van der Waals surface area contributed by atoms with E-state index in [2.05, 4.69) is 9.98 Å². The highest BCUT2D eigenvalue weighted by atomic mass is 32.1. The monoisotopic (exact) mass is 421 g/mol. The third-order valence-corrected chi connectivity index (χ3v) is 5.80. The molecule has 4 rings (SSSR count). The van der Waals surface area contributed by atoms with Crippen LogP contribution >= 0.6 is 11.3 Å². The highest BCUT2D eigenvalue weighted by Gasteiger charge is 2.33. The quantitative estimate of drug-likeness (QED) is 0.600. The lowest BCUT2D eigenvalue weighted by Gasteiger charge is -2.24. The molecular formula is C22H19N3O4S. The van der Waals surface area contributed by atoms with E-state index in [0.717, 1.165) is 11.1 Å². The van der Waals surface area contributed by atoms with E-state index in [1.54, 1.807) is 43.1 Å². The number of esters is 1. The Morgan fingerprint density at radius 3 is 2.77 bits per heavy atom. The molecule has 152 valence electrons. The van der Waals surface area contributed by atoms with E-state index < -0.39 is 12.0 Å². The molecule has 0 aliphatic carbocycles. The summed E-state index contributed by atoms with van der Waals surface area (Å²) < 4.78 is 12.4. The number of methoxy groups -OCH3 is 2. The van der Waals surface area contributed by atoms with Crippen molar-refractivity contribution < 1.29 is 14.3 Å². The first kappa shape index (κ1) is 19.8. The normalized spacial score (nSPS) is 16.1. The van der Waals surface area contributed by atoms with Crippen LogP contribution in [0.25, 0.3) is 6.08 Å². The number of pyridine rings is 1. The molecule has 0 saturated carbocycles. The summed E-state index contributed by atoms with van der Waals surface area (Å²) in [4.78, 5) is 35.2. The Labute approximate surface area is 176 Å². The highest BCUT2D eigenvalue weighted by molar-refractivity contribution is 7.07. The van der Waals surface area contributed by atoms with Crippen molar-refractivity contribution in [3.8, 4) is 5.75 Å². The number of aromatic nitrogens is 2. The molecule has 0 fully saturated rings. The lowest BCUT2D eigenvalue weighted by atomic mass is 9.96. The van der Waals surface area contributed by atoms with Crippen molar-refractivity contribution in [3.63, 3.8) is 0 Å². The Hall–Kier alpha value is -3.52. The van der Waals surface area contributed by atoms with Gasteiger partial charge in [0.1, 0.15) is 5.75 Å². The van der Waals surface area contributed by atoms with Gasteiger partial charge in [-0.3, -0.25) is 14.3 Å². The number of ether oxygens (including phenoxy) is 2. The molecule has 1 aromatic carbocycles. The topological polar surface area (TPSA) is 82.8 Å². The first-order chi connectivity index (χ1) is 14.5. The van der Waals surface area contributed by atoms with E-state index in [1.165, 1.54) is 18.4 Å². The summed E-state index contributed by atoms with van der Waals surface area (Å²) in [5.41, 5.74) is 2.15. The van der Waals surface area contributed by atoms with Gasteiger partial charge in [-0.15, -0.1) is 0 Å². The molecule has 3 heterocycles. The van der Waals surface area contributed by atoms with Crippen LogP contribution in [0.2, 0.25) is 0 Å². The van der Waals surface area contributed by atoms with Gasteiger partial charge in [0.15, 0.2) is 4.80 Å². The van der Waals surface area contributed by atoms with Crippen molar-refractivity contribution in [1.29, 1.82) is 0 Å². The summed E-state index contributed by atoms with van der Waals surface area (Å²) in [6.45, 7) is 1.75. The lowest BCUT2D eigenvalue weighted by molar-refractivity contribution is -0.136. The Balaban J connectivity index is 1.99. The van der Waals surface area contributed by atoms with Crippen molar-refractivity contribution >= 4 is 23.4 Å². The minimum Gasteiger partial charge on any atom is -0.497 e. The predicted molar refractivity (Wildman–Crippen MR) is 113 cm³/mol. The fourth-order valence-electron chi connectivity index (χ4n) is 3.43. The van der Waals surface area contributed by atoms with E-state index in [1.807, 2.05) is 30.3 Å². The molecule has 0 amide bonds. The van der Waals surface area contributed by atoms with Crippen LogP contribution in [0.4, 0.5) is 0 Å². The number of hydrogen-bond donors (Lipinski definition) is 0. The van der Waals surface area contributed by atoms with E-state index in [0.29, 0.717) is 26.4 Å². The number of benzene rings is 1. The molecular weight excluding hydrogens is 402 g/mol. The Morgan fingerprint density at radius 1 is 1.23 bits per heavy atom. The first-order valence-corrected chi connectivity index (χ1v) is 10.00. The zero-order chi connectivity index (χ0) is 21.3. The molecule has 2 aromatic heterocycles. The molecule has 8 heteroatoms. The Morgan fingerprint density at radius 2 is 2.07 bits per heavy atom. The molecule has 3 aromatic rings. The second-order valence-corrected chi connectivity index (χ2v) is 7.65. The second-order valence-electron chi connectivity index (χ2n) is 6.64. The molecule has 1 aliphatic heterocycles. The van der Waals surface area contributed by atoms with Crippen LogP contribution in [0.3, 0.4) is 0 Å². The Bertz CT molecular complexity index is 1320. The van der Waals surface area contributed by atoms with E-state index in [4.69, 9.17) is 9.47 Å². The molecule has 0 bridgehead atoms. The molecule has 1 atom stereocenters. The zero-order valence-electron chi connectivity index (χ0n) is 16.7. The summed E-state index contributed by atoms with van der Waals surface area (Å²) in [6, 6.07) is 10.3. The zero-order valence-corrected chi connectivity index (χ0v) is 17.5. The number of nitrogens with zero attached hydrogens (tertiary/aromatic N) is 3. The maximum atomic E-state index is 13.4. The molecule has 1 aliphatic rings. The highest BCUT2D eigenvalue weighted by Crippen LogP contribution is 2.32. The fourth-order valence-corrected chi connectivity index (χ4v) is 4.48. The summed E-state index contributed by atoms with van der Waals surface area (Å²) in [6.07, 6.45) is 5.13. The lowest BCUT2D eigenvalue weighted by Crippen LogP contribution is -2.39. The van der Waals surface area contributed by atoms with E-state index >= 15 is 0 Å². The molecule has 30 heavy (non-hydrogen) atoms. The number of thiazole rings is 1. The molecule has 0 radical (unpaired) electrons. The summed E-state index contributed by atoms with van der Waals surface area (Å²) in [7, 11) is 2.89. The SMILES string of the molecule is COC(=O)C1=C(C)N=c2s/c(=C/c3cccnc3)c(=O)n2C1c1cccc(OC)c1. The maximum absolute atomic E-state index is 13.4. The molecule has 7 nitrogen and oxygen atoms in total. The Kier molecular flexibility index (Phi) is 5.33. The number of hydrogen-bond acceptors (Lipinski definition) is 7. The van der Waals surface area contributed by atoms with Crippen LogP contribution in [0.5, 0.6) is 5.75 Å². The minimum absolute atomic E-state index is 0.232. The van der Waals surface area contributed by atoms with Gasteiger partial charge in [-0.25, -0.2) is 9.79 Å². The van der Waals surface area contributed by atoms with Crippen molar-refractivity contribution in [2.75, 3.05) is 14.2 Å².